The summed E-state index contributed by atoms with van der Waals surface area (Å²) in [6.45, 7) is 4.11. The third-order valence-electron chi connectivity index (χ3n) is 3.94. The number of esters is 1. The Balaban J connectivity index is 1.99. The largest absolute Gasteiger partial charge is 0.468 e. The third kappa shape index (κ3) is 2.23. The molecule has 0 bridgehead atoms. The number of rotatable bonds is 3. The highest BCUT2D eigenvalue weighted by atomic mass is 16.5. The van der Waals surface area contributed by atoms with Crippen LogP contribution in [0.3, 0.4) is 0 Å². The van der Waals surface area contributed by atoms with E-state index in [1.54, 1.807) is 0 Å². The second kappa shape index (κ2) is 5.15. The van der Waals surface area contributed by atoms with Crippen molar-refractivity contribution in [2.75, 3.05) is 20.2 Å². The van der Waals surface area contributed by atoms with Crippen molar-refractivity contribution in [2.45, 2.75) is 50.7 Å². The van der Waals surface area contributed by atoms with Crippen LogP contribution >= 0.6 is 0 Å². The van der Waals surface area contributed by atoms with Crippen LogP contribution in [0.2, 0.25) is 0 Å². The summed E-state index contributed by atoms with van der Waals surface area (Å²) in [5.41, 5.74) is 0. The number of nitrogens with one attached hydrogen (secondary N) is 1. The van der Waals surface area contributed by atoms with Gasteiger partial charge in [0.15, 0.2) is 0 Å². The van der Waals surface area contributed by atoms with Gasteiger partial charge in [0.2, 0.25) is 0 Å². The number of methoxy groups -OCH3 is 1. The maximum atomic E-state index is 11.6. The van der Waals surface area contributed by atoms with Crippen molar-refractivity contribution in [3.05, 3.63) is 0 Å². The first kappa shape index (κ1) is 11.9. The summed E-state index contributed by atoms with van der Waals surface area (Å²) in [4.78, 5) is 13.9. The average molecular weight is 226 g/mol. The molecule has 92 valence electrons. The number of carbonyl (C=O) groups is 1. The second-order valence-electron chi connectivity index (χ2n) is 4.85. The summed E-state index contributed by atoms with van der Waals surface area (Å²) in [5.74, 6) is -0.107. The number of nitrogens with zero attached hydrogens (tertiary/aromatic N) is 1. The van der Waals surface area contributed by atoms with Crippen molar-refractivity contribution < 1.29 is 9.53 Å². The van der Waals surface area contributed by atoms with Crippen molar-refractivity contribution in [1.29, 1.82) is 0 Å². The number of hydrogen-bond acceptors (Lipinski definition) is 4. The van der Waals surface area contributed by atoms with Crippen LogP contribution < -0.4 is 5.32 Å². The molecule has 1 N–H and O–H groups in total. The van der Waals surface area contributed by atoms with Gasteiger partial charge in [-0.1, -0.05) is 0 Å². The molecule has 2 aliphatic heterocycles. The van der Waals surface area contributed by atoms with Gasteiger partial charge in [0.25, 0.3) is 0 Å². The number of carbonyl (C=O) groups excluding carboxylic acids is 1. The molecule has 3 atom stereocenters. The van der Waals surface area contributed by atoms with Crippen molar-refractivity contribution in [2.24, 2.45) is 0 Å². The number of ether oxygens (including phenoxy) is 1. The van der Waals surface area contributed by atoms with Crippen LogP contribution in [0.1, 0.15) is 32.6 Å². The van der Waals surface area contributed by atoms with Crippen molar-refractivity contribution in [3.8, 4) is 0 Å². The average Bonchev–Trinajstić information content (AvgIpc) is 2.95. The third-order valence-corrected chi connectivity index (χ3v) is 3.94. The Bertz CT molecular complexity index is 251. The molecule has 4 nitrogen and oxygen atoms in total. The van der Waals surface area contributed by atoms with Gasteiger partial charge in [-0.3, -0.25) is 9.69 Å². The van der Waals surface area contributed by atoms with E-state index in [0.29, 0.717) is 12.1 Å². The molecular formula is C12H22N2O2. The fraction of sp³-hybridized carbons (Fsp3) is 0.917. The maximum absolute atomic E-state index is 11.6. The van der Waals surface area contributed by atoms with Gasteiger partial charge in [0.1, 0.15) is 6.04 Å². The Hall–Kier alpha value is -0.610. The molecule has 16 heavy (non-hydrogen) atoms. The SMILES string of the molecule is COC(=O)C(C)N1CCCC1C1CCCN1. The Morgan fingerprint density at radius 2 is 2.25 bits per heavy atom. The standard InChI is InChI=1S/C12H22N2O2/c1-9(12(15)16-2)14-8-4-6-11(14)10-5-3-7-13-10/h9-11,13H,3-8H2,1-2H3. The van der Waals surface area contributed by atoms with Gasteiger partial charge in [-0.25, -0.2) is 0 Å². The molecule has 0 radical (unpaired) electrons. The Morgan fingerprint density at radius 3 is 2.88 bits per heavy atom. The van der Waals surface area contributed by atoms with Gasteiger partial charge in [0, 0.05) is 12.1 Å². The molecule has 2 aliphatic rings. The van der Waals surface area contributed by atoms with Crippen LogP contribution in [-0.2, 0) is 9.53 Å². The summed E-state index contributed by atoms with van der Waals surface area (Å²) in [7, 11) is 1.47. The van der Waals surface area contributed by atoms with E-state index < -0.39 is 0 Å². The minimum atomic E-state index is -0.107. The fourth-order valence-electron chi connectivity index (χ4n) is 3.07. The Kier molecular flexibility index (Phi) is 3.82. The molecule has 0 saturated carbocycles. The lowest BCUT2D eigenvalue weighted by Crippen LogP contribution is -2.50. The van der Waals surface area contributed by atoms with Gasteiger partial charge < -0.3 is 10.1 Å². The Labute approximate surface area is 97.3 Å². The van der Waals surface area contributed by atoms with E-state index in [4.69, 9.17) is 4.74 Å². The smallest absolute Gasteiger partial charge is 0.322 e. The van der Waals surface area contributed by atoms with Gasteiger partial charge in [-0.2, -0.15) is 0 Å². The molecule has 0 amide bonds. The van der Waals surface area contributed by atoms with Crippen LogP contribution in [0.5, 0.6) is 0 Å². The molecule has 0 aliphatic carbocycles. The summed E-state index contributed by atoms with van der Waals surface area (Å²) >= 11 is 0. The molecule has 2 saturated heterocycles. The van der Waals surface area contributed by atoms with Crippen LogP contribution in [0, 0.1) is 0 Å². The van der Waals surface area contributed by atoms with Gasteiger partial charge in [-0.05, 0) is 45.7 Å². The molecule has 2 fully saturated rings. The molecular weight excluding hydrogens is 204 g/mol. The monoisotopic (exact) mass is 226 g/mol. The predicted molar refractivity (Wildman–Crippen MR) is 62.2 cm³/mol. The molecule has 2 rings (SSSR count). The first-order chi connectivity index (χ1) is 7.74. The fourth-order valence-corrected chi connectivity index (χ4v) is 3.07. The van der Waals surface area contributed by atoms with E-state index in [9.17, 15) is 4.79 Å². The van der Waals surface area contributed by atoms with Gasteiger partial charge >= 0.3 is 5.97 Å². The highest BCUT2D eigenvalue weighted by Crippen LogP contribution is 2.26. The Morgan fingerprint density at radius 1 is 1.44 bits per heavy atom. The minimum absolute atomic E-state index is 0.0973. The van der Waals surface area contributed by atoms with E-state index in [-0.39, 0.29) is 12.0 Å². The summed E-state index contributed by atoms with van der Waals surface area (Å²) < 4.78 is 4.83. The van der Waals surface area contributed by atoms with E-state index in [2.05, 4.69) is 10.2 Å². The minimum Gasteiger partial charge on any atom is -0.468 e. The van der Waals surface area contributed by atoms with Gasteiger partial charge in [0.05, 0.1) is 7.11 Å². The molecule has 0 aromatic carbocycles. The van der Waals surface area contributed by atoms with Crippen LogP contribution in [0.25, 0.3) is 0 Å². The summed E-state index contributed by atoms with van der Waals surface area (Å²) in [6, 6.07) is 1.01. The highest BCUT2D eigenvalue weighted by molar-refractivity contribution is 5.75. The van der Waals surface area contributed by atoms with Crippen molar-refractivity contribution in [1.82, 2.24) is 10.2 Å². The molecule has 2 heterocycles. The van der Waals surface area contributed by atoms with E-state index in [1.807, 2.05) is 6.92 Å². The lowest BCUT2D eigenvalue weighted by atomic mass is 10.0. The molecule has 0 aromatic rings. The first-order valence-corrected chi connectivity index (χ1v) is 6.31. The van der Waals surface area contributed by atoms with Crippen LogP contribution in [-0.4, -0.2) is 49.2 Å². The van der Waals surface area contributed by atoms with Crippen molar-refractivity contribution in [3.63, 3.8) is 0 Å². The van der Waals surface area contributed by atoms with Crippen LogP contribution in [0.15, 0.2) is 0 Å². The first-order valence-electron chi connectivity index (χ1n) is 6.31. The zero-order valence-corrected chi connectivity index (χ0v) is 10.2. The molecule has 0 aromatic heterocycles. The quantitative estimate of drug-likeness (QED) is 0.722. The normalized spacial score (nSPS) is 32.9. The number of hydrogen-bond donors (Lipinski definition) is 1. The zero-order valence-electron chi connectivity index (χ0n) is 10.2. The second-order valence-corrected chi connectivity index (χ2v) is 4.85. The summed E-state index contributed by atoms with van der Waals surface area (Å²) in [6.07, 6.45) is 4.92. The van der Waals surface area contributed by atoms with E-state index in [1.165, 1.54) is 32.8 Å². The number of likely N-dealkylation sites (tertiary alicyclic amines) is 1. The maximum Gasteiger partial charge on any atom is 0.322 e. The van der Waals surface area contributed by atoms with E-state index >= 15 is 0 Å². The lowest BCUT2D eigenvalue weighted by molar-refractivity contribution is -0.146. The zero-order chi connectivity index (χ0) is 11.5. The van der Waals surface area contributed by atoms with Crippen LogP contribution in [0.4, 0.5) is 0 Å². The molecule has 4 heteroatoms. The van der Waals surface area contributed by atoms with Gasteiger partial charge in [-0.15, -0.1) is 0 Å². The van der Waals surface area contributed by atoms with E-state index in [0.717, 1.165) is 13.1 Å². The topological polar surface area (TPSA) is 41.6 Å². The van der Waals surface area contributed by atoms with Crippen molar-refractivity contribution >= 4 is 5.97 Å². The highest BCUT2D eigenvalue weighted by Gasteiger charge is 2.37. The predicted octanol–water partition coefficient (Wildman–Crippen LogP) is 0.764. The lowest BCUT2D eigenvalue weighted by Gasteiger charge is -2.32. The molecule has 3 unspecified atom stereocenters. The molecule has 0 spiro atoms. The summed E-state index contributed by atoms with van der Waals surface area (Å²) in [5, 5.41) is 3.55.